The maximum atomic E-state index is 14.4. The molecule has 1 aromatic carbocycles. The van der Waals surface area contributed by atoms with Gasteiger partial charge in [-0.2, -0.15) is 0 Å². The molecule has 0 aliphatic carbocycles. The Balaban J connectivity index is 3.65. The second-order valence-corrected chi connectivity index (χ2v) is 13.5. The molecule has 0 aromatic heterocycles. The van der Waals surface area contributed by atoms with Gasteiger partial charge in [-0.05, 0) is 40.0 Å². The van der Waals surface area contributed by atoms with Crippen LogP contribution in [0.2, 0.25) is 26.2 Å². The van der Waals surface area contributed by atoms with Crippen LogP contribution in [0.25, 0.3) is 0 Å². The summed E-state index contributed by atoms with van der Waals surface area (Å²) in [7, 11) is -6.17. The van der Waals surface area contributed by atoms with Gasteiger partial charge >= 0.3 is 0 Å². The zero-order valence-electron chi connectivity index (χ0n) is 13.7. The standard InChI is InChI=1S/C14H22F4O2Si2/c1-7-19-21(3,4)13-9(15)11(17)14(12(18)10(13)16)22(5,6)20-8-2/h7-8H2,1-6H3. The highest BCUT2D eigenvalue weighted by molar-refractivity contribution is 6.86. The highest BCUT2D eigenvalue weighted by Gasteiger charge is 2.42. The van der Waals surface area contributed by atoms with E-state index in [4.69, 9.17) is 8.85 Å². The molecule has 0 amide bonds. The third-order valence-electron chi connectivity index (χ3n) is 3.48. The Labute approximate surface area is 130 Å². The highest BCUT2D eigenvalue weighted by atomic mass is 28.4. The molecule has 0 aliphatic rings. The molecular formula is C14H22F4O2Si2. The molecule has 0 bridgehead atoms. The van der Waals surface area contributed by atoms with Crippen molar-refractivity contribution < 1.29 is 26.4 Å². The predicted octanol–water partition coefficient (Wildman–Crippen LogP) is 3.14. The molecule has 0 unspecified atom stereocenters. The zero-order valence-corrected chi connectivity index (χ0v) is 15.7. The summed E-state index contributed by atoms with van der Waals surface area (Å²) in [5.74, 6) is -5.45. The van der Waals surface area contributed by atoms with Crippen molar-refractivity contribution >= 4 is 27.0 Å². The van der Waals surface area contributed by atoms with Crippen LogP contribution in [-0.2, 0) is 8.85 Å². The van der Waals surface area contributed by atoms with E-state index in [2.05, 4.69) is 0 Å². The van der Waals surface area contributed by atoms with Gasteiger partial charge in [-0.1, -0.05) is 0 Å². The Bertz CT molecular complexity index is 484. The molecule has 0 radical (unpaired) electrons. The first kappa shape index (κ1) is 19.3. The van der Waals surface area contributed by atoms with E-state index >= 15 is 0 Å². The van der Waals surface area contributed by atoms with Crippen LogP contribution >= 0.6 is 0 Å². The number of benzene rings is 1. The number of rotatable bonds is 6. The molecule has 0 fully saturated rings. The van der Waals surface area contributed by atoms with E-state index < -0.39 is 50.3 Å². The van der Waals surface area contributed by atoms with Gasteiger partial charge in [-0.15, -0.1) is 0 Å². The summed E-state index contributed by atoms with van der Waals surface area (Å²) in [5.41, 5.74) is 0. The lowest BCUT2D eigenvalue weighted by Gasteiger charge is -2.28. The predicted molar refractivity (Wildman–Crippen MR) is 83.8 cm³/mol. The fourth-order valence-corrected chi connectivity index (χ4v) is 6.84. The highest BCUT2D eigenvalue weighted by Crippen LogP contribution is 2.19. The Kier molecular flexibility index (Phi) is 5.99. The van der Waals surface area contributed by atoms with Crippen LogP contribution in [0.5, 0.6) is 0 Å². The van der Waals surface area contributed by atoms with Crippen molar-refractivity contribution in [2.45, 2.75) is 40.0 Å². The number of hydrogen-bond acceptors (Lipinski definition) is 2. The molecule has 0 aliphatic heterocycles. The van der Waals surface area contributed by atoms with Crippen molar-refractivity contribution in [3.8, 4) is 0 Å². The van der Waals surface area contributed by atoms with Crippen molar-refractivity contribution in [1.82, 2.24) is 0 Å². The molecule has 0 saturated carbocycles. The van der Waals surface area contributed by atoms with Crippen LogP contribution in [-0.4, -0.2) is 29.8 Å². The summed E-state index contributed by atoms with van der Waals surface area (Å²) in [6.45, 7) is 9.75. The zero-order chi connectivity index (χ0) is 17.3. The van der Waals surface area contributed by atoms with E-state index in [1.807, 2.05) is 0 Å². The Morgan fingerprint density at radius 3 is 1.05 bits per heavy atom. The van der Waals surface area contributed by atoms with Crippen molar-refractivity contribution in [2.75, 3.05) is 13.2 Å². The molecule has 2 nitrogen and oxygen atoms in total. The summed E-state index contributed by atoms with van der Waals surface area (Å²) in [6, 6.07) is 0. The molecule has 0 spiro atoms. The summed E-state index contributed by atoms with van der Waals surface area (Å²) in [6.07, 6.45) is 0. The van der Waals surface area contributed by atoms with Gasteiger partial charge in [0.25, 0.3) is 0 Å². The molecule has 1 aromatic rings. The minimum absolute atomic E-state index is 0.211. The molecule has 0 N–H and O–H groups in total. The third-order valence-corrected chi connectivity index (χ3v) is 8.78. The van der Waals surface area contributed by atoms with E-state index in [1.165, 1.54) is 26.2 Å². The van der Waals surface area contributed by atoms with Gasteiger partial charge in [0.2, 0.25) is 16.6 Å². The Morgan fingerprint density at radius 1 is 0.636 bits per heavy atom. The summed E-state index contributed by atoms with van der Waals surface area (Å²) < 4.78 is 68.5. The Hall–Kier alpha value is -0.706. The fraction of sp³-hybridized carbons (Fsp3) is 0.571. The minimum atomic E-state index is -3.09. The molecule has 0 heterocycles. The minimum Gasteiger partial charge on any atom is -0.413 e. The maximum Gasteiger partial charge on any atom is 0.224 e. The van der Waals surface area contributed by atoms with Crippen LogP contribution < -0.4 is 10.4 Å². The van der Waals surface area contributed by atoms with Gasteiger partial charge in [0.1, 0.15) is 0 Å². The maximum absolute atomic E-state index is 14.4. The van der Waals surface area contributed by atoms with Crippen LogP contribution in [0.3, 0.4) is 0 Å². The molecule has 8 heteroatoms. The van der Waals surface area contributed by atoms with Gasteiger partial charge in [-0.25, -0.2) is 17.6 Å². The normalized spacial score (nSPS) is 12.8. The average molecular weight is 354 g/mol. The fourth-order valence-electron chi connectivity index (χ4n) is 2.55. The van der Waals surface area contributed by atoms with Crippen LogP contribution in [0.1, 0.15) is 13.8 Å². The lowest BCUT2D eigenvalue weighted by atomic mass is 10.3. The quantitative estimate of drug-likeness (QED) is 0.444. The van der Waals surface area contributed by atoms with E-state index in [1.54, 1.807) is 13.8 Å². The summed E-state index contributed by atoms with van der Waals surface area (Å²) >= 11 is 0. The second-order valence-electron chi connectivity index (χ2n) is 5.89. The van der Waals surface area contributed by atoms with Gasteiger partial charge in [0.15, 0.2) is 23.3 Å². The topological polar surface area (TPSA) is 18.5 Å². The van der Waals surface area contributed by atoms with Gasteiger partial charge in [0, 0.05) is 23.6 Å². The van der Waals surface area contributed by atoms with Crippen LogP contribution in [0.4, 0.5) is 17.6 Å². The van der Waals surface area contributed by atoms with E-state index in [0.717, 1.165) is 0 Å². The number of hydrogen-bond donors (Lipinski definition) is 0. The van der Waals surface area contributed by atoms with E-state index in [-0.39, 0.29) is 13.2 Å². The third kappa shape index (κ3) is 3.44. The average Bonchev–Trinajstić information content (AvgIpc) is 2.36. The largest absolute Gasteiger partial charge is 0.413 e. The van der Waals surface area contributed by atoms with Gasteiger partial charge in [0.05, 0.1) is 0 Å². The van der Waals surface area contributed by atoms with Crippen molar-refractivity contribution in [3.63, 3.8) is 0 Å². The lowest BCUT2D eigenvalue weighted by molar-refractivity contribution is 0.331. The molecule has 1 rings (SSSR count). The van der Waals surface area contributed by atoms with E-state index in [9.17, 15) is 17.6 Å². The summed E-state index contributed by atoms with van der Waals surface area (Å²) in [5, 5.41) is -1.20. The van der Waals surface area contributed by atoms with Gasteiger partial charge in [-0.3, -0.25) is 0 Å². The molecule has 0 atom stereocenters. The SMILES string of the molecule is CCO[Si](C)(C)c1c(F)c(F)c([Si](C)(C)OCC)c(F)c1F. The van der Waals surface area contributed by atoms with Crippen LogP contribution in [0, 0.1) is 23.3 Å². The molecule has 0 saturated heterocycles. The van der Waals surface area contributed by atoms with Gasteiger partial charge < -0.3 is 8.85 Å². The first-order valence-corrected chi connectivity index (χ1v) is 13.0. The van der Waals surface area contributed by atoms with Crippen molar-refractivity contribution in [2.24, 2.45) is 0 Å². The smallest absolute Gasteiger partial charge is 0.224 e. The molecule has 126 valence electrons. The molecular weight excluding hydrogens is 332 g/mol. The first-order valence-electron chi connectivity index (χ1n) is 7.16. The second kappa shape index (κ2) is 6.82. The van der Waals surface area contributed by atoms with Crippen LogP contribution in [0.15, 0.2) is 0 Å². The number of halogens is 4. The molecule has 22 heavy (non-hydrogen) atoms. The lowest BCUT2D eigenvalue weighted by Crippen LogP contribution is -2.55. The van der Waals surface area contributed by atoms with Crippen molar-refractivity contribution in [1.29, 1.82) is 0 Å². The van der Waals surface area contributed by atoms with E-state index in [0.29, 0.717) is 0 Å². The summed E-state index contributed by atoms with van der Waals surface area (Å²) in [4.78, 5) is 0. The van der Waals surface area contributed by atoms with Crippen molar-refractivity contribution in [3.05, 3.63) is 23.3 Å². The Morgan fingerprint density at radius 2 is 0.864 bits per heavy atom. The monoisotopic (exact) mass is 354 g/mol. The first-order chi connectivity index (χ1) is 10.0.